The van der Waals surface area contributed by atoms with Crippen LogP contribution in [-0.2, 0) is 13.1 Å². The van der Waals surface area contributed by atoms with Crippen LogP contribution in [0.2, 0.25) is 0 Å². The summed E-state index contributed by atoms with van der Waals surface area (Å²) in [6, 6.07) is 12.6. The van der Waals surface area contributed by atoms with Gasteiger partial charge < -0.3 is 9.14 Å². The minimum Gasteiger partial charge on any atom is -0.496 e. The van der Waals surface area contributed by atoms with Gasteiger partial charge in [0.05, 0.1) is 18.2 Å². The zero-order valence-corrected chi connectivity index (χ0v) is 15.2. The van der Waals surface area contributed by atoms with E-state index in [0.717, 1.165) is 46.6 Å². The van der Waals surface area contributed by atoms with Gasteiger partial charge in [0.15, 0.2) is 0 Å². The first-order chi connectivity index (χ1) is 12.0. The molecule has 0 amide bonds. The number of ether oxygens (including phenoxy) is 1. The van der Waals surface area contributed by atoms with E-state index in [4.69, 9.17) is 4.74 Å². The first kappa shape index (κ1) is 17.1. The Labute approximate surface area is 148 Å². The lowest BCUT2D eigenvalue weighted by molar-refractivity contribution is 0.318. The monoisotopic (exact) mass is 333 g/mol. The van der Waals surface area contributed by atoms with Crippen molar-refractivity contribution in [3.05, 3.63) is 70.5 Å². The second-order valence-corrected chi connectivity index (χ2v) is 6.57. The van der Waals surface area contributed by atoms with Gasteiger partial charge in [0.2, 0.25) is 0 Å². The molecule has 0 radical (unpaired) electrons. The summed E-state index contributed by atoms with van der Waals surface area (Å²) < 4.78 is 7.46. The molecule has 0 bridgehead atoms. The van der Waals surface area contributed by atoms with Gasteiger partial charge in [-0.05, 0) is 49.7 Å². The highest BCUT2D eigenvalue weighted by Gasteiger charge is 2.13. The number of aryl methyl sites for hydroxylation is 2. The standard InChI is InChI=1S/C21H23N3O/c1-15-9-17(10-16(2)21(15)25-4)12-23(3)13-18-14-24-8-6-5-7-20(24)19(18)11-22/h5-10,14H,12-13H2,1-4H3. The summed E-state index contributed by atoms with van der Waals surface area (Å²) in [6.45, 7) is 5.70. The Hall–Kier alpha value is -2.77. The van der Waals surface area contributed by atoms with E-state index in [9.17, 15) is 5.26 Å². The lowest BCUT2D eigenvalue weighted by Gasteiger charge is -2.18. The van der Waals surface area contributed by atoms with Crippen LogP contribution in [0.4, 0.5) is 0 Å². The quantitative estimate of drug-likeness (QED) is 0.707. The number of nitrogens with zero attached hydrogens (tertiary/aromatic N) is 3. The minimum absolute atomic E-state index is 0.731. The molecule has 2 heterocycles. The van der Waals surface area contributed by atoms with Gasteiger partial charge in [0.1, 0.15) is 11.8 Å². The van der Waals surface area contributed by atoms with Crippen LogP contribution in [-0.4, -0.2) is 23.5 Å². The second-order valence-electron chi connectivity index (χ2n) is 6.57. The van der Waals surface area contributed by atoms with Crippen molar-refractivity contribution in [1.82, 2.24) is 9.30 Å². The van der Waals surface area contributed by atoms with E-state index in [1.807, 2.05) is 28.8 Å². The van der Waals surface area contributed by atoms with Gasteiger partial charge >= 0.3 is 0 Å². The molecule has 0 fully saturated rings. The van der Waals surface area contributed by atoms with E-state index < -0.39 is 0 Å². The number of hydrogen-bond donors (Lipinski definition) is 0. The summed E-state index contributed by atoms with van der Waals surface area (Å²) in [4.78, 5) is 2.23. The van der Waals surface area contributed by atoms with Gasteiger partial charge in [-0.1, -0.05) is 18.2 Å². The number of methoxy groups -OCH3 is 1. The Kier molecular flexibility index (Phi) is 4.78. The Balaban J connectivity index is 1.82. The van der Waals surface area contributed by atoms with Gasteiger partial charge in [0.25, 0.3) is 0 Å². The molecular weight excluding hydrogens is 310 g/mol. The maximum atomic E-state index is 9.54. The molecule has 0 saturated heterocycles. The van der Waals surface area contributed by atoms with E-state index in [-0.39, 0.29) is 0 Å². The highest BCUT2D eigenvalue weighted by molar-refractivity contribution is 5.65. The van der Waals surface area contributed by atoms with Crippen LogP contribution in [0, 0.1) is 25.2 Å². The van der Waals surface area contributed by atoms with E-state index >= 15 is 0 Å². The number of nitriles is 1. The molecule has 2 aromatic heterocycles. The summed E-state index contributed by atoms with van der Waals surface area (Å²) >= 11 is 0. The predicted molar refractivity (Wildman–Crippen MR) is 99.8 cm³/mol. The Morgan fingerprint density at radius 1 is 1.16 bits per heavy atom. The van der Waals surface area contributed by atoms with Crippen LogP contribution in [0.15, 0.2) is 42.7 Å². The van der Waals surface area contributed by atoms with Crippen molar-refractivity contribution in [1.29, 1.82) is 5.26 Å². The van der Waals surface area contributed by atoms with Gasteiger partial charge in [-0.25, -0.2) is 0 Å². The highest BCUT2D eigenvalue weighted by atomic mass is 16.5. The first-order valence-electron chi connectivity index (χ1n) is 8.34. The van der Waals surface area contributed by atoms with Gasteiger partial charge in [-0.2, -0.15) is 5.26 Å². The molecular formula is C21H23N3O. The molecule has 0 spiro atoms. The molecule has 0 aliphatic carbocycles. The summed E-state index contributed by atoms with van der Waals surface area (Å²) in [5.74, 6) is 0.955. The van der Waals surface area contributed by atoms with Gasteiger partial charge in [0, 0.05) is 31.0 Å². The summed E-state index contributed by atoms with van der Waals surface area (Å²) in [7, 11) is 3.79. The van der Waals surface area contributed by atoms with E-state index in [1.165, 1.54) is 5.56 Å². The first-order valence-corrected chi connectivity index (χ1v) is 8.34. The number of benzene rings is 1. The highest BCUT2D eigenvalue weighted by Crippen LogP contribution is 2.25. The fourth-order valence-electron chi connectivity index (χ4n) is 3.54. The maximum Gasteiger partial charge on any atom is 0.124 e. The summed E-state index contributed by atoms with van der Waals surface area (Å²) in [6.07, 6.45) is 4.03. The molecule has 128 valence electrons. The molecule has 4 heteroatoms. The lowest BCUT2D eigenvalue weighted by Crippen LogP contribution is -2.17. The summed E-state index contributed by atoms with van der Waals surface area (Å²) in [5.41, 5.74) is 6.33. The van der Waals surface area contributed by atoms with E-state index in [2.05, 4.69) is 50.2 Å². The molecule has 4 nitrogen and oxygen atoms in total. The van der Waals surface area contributed by atoms with Crippen LogP contribution in [0.25, 0.3) is 5.52 Å². The summed E-state index contributed by atoms with van der Waals surface area (Å²) in [5, 5.41) is 9.54. The van der Waals surface area contributed by atoms with Crippen molar-refractivity contribution in [3.8, 4) is 11.8 Å². The SMILES string of the molecule is COc1c(C)cc(CN(C)Cc2cn3ccccc3c2C#N)cc1C. The number of pyridine rings is 1. The van der Waals surface area contributed by atoms with Crippen molar-refractivity contribution in [3.63, 3.8) is 0 Å². The topological polar surface area (TPSA) is 40.7 Å². The normalized spacial score (nSPS) is 11.0. The van der Waals surface area contributed by atoms with Crippen molar-refractivity contribution < 1.29 is 4.74 Å². The van der Waals surface area contributed by atoms with Crippen LogP contribution >= 0.6 is 0 Å². The zero-order chi connectivity index (χ0) is 18.0. The number of rotatable bonds is 5. The van der Waals surface area contributed by atoms with Gasteiger partial charge in [-0.3, -0.25) is 4.90 Å². The van der Waals surface area contributed by atoms with Crippen molar-refractivity contribution in [2.45, 2.75) is 26.9 Å². The largest absolute Gasteiger partial charge is 0.496 e. The number of aromatic nitrogens is 1. The Morgan fingerprint density at radius 2 is 1.88 bits per heavy atom. The van der Waals surface area contributed by atoms with Crippen LogP contribution in [0.3, 0.4) is 0 Å². The third-order valence-electron chi connectivity index (χ3n) is 4.49. The molecule has 0 aliphatic rings. The molecule has 3 rings (SSSR count). The third-order valence-corrected chi connectivity index (χ3v) is 4.49. The van der Waals surface area contributed by atoms with E-state index in [0.29, 0.717) is 0 Å². The minimum atomic E-state index is 0.731. The van der Waals surface area contributed by atoms with Crippen molar-refractivity contribution in [2.75, 3.05) is 14.2 Å². The average Bonchev–Trinajstić information content (AvgIpc) is 2.91. The molecule has 0 saturated carbocycles. The molecule has 0 atom stereocenters. The molecule has 0 N–H and O–H groups in total. The zero-order valence-electron chi connectivity index (χ0n) is 15.2. The average molecular weight is 333 g/mol. The lowest BCUT2D eigenvalue weighted by atomic mass is 10.0. The van der Waals surface area contributed by atoms with E-state index in [1.54, 1.807) is 7.11 Å². The molecule has 25 heavy (non-hydrogen) atoms. The number of hydrogen-bond acceptors (Lipinski definition) is 3. The van der Waals surface area contributed by atoms with Gasteiger partial charge in [-0.15, -0.1) is 0 Å². The number of fused-ring (bicyclic) bond motifs is 1. The van der Waals surface area contributed by atoms with Crippen LogP contribution < -0.4 is 4.74 Å². The second kappa shape index (κ2) is 7.00. The molecule has 0 unspecified atom stereocenters. The molecule has 0 aliphatic heterocycles. The van der Waals surface area contributed by atoms with Crippen molar-refractivity contribution >= 4 is 5.52 Å². The van der Waals surface area contributed by atoms with Crippen LogP contribution in [0.1, 0.15) is 27.8 Å². The van der Waals surface area contributed by atoms with Crippen LogP contribution in [0.5, 0.6) is 5.75 Å². The van der Waals surface area contributed by atoms with Crippen molar-refractivity contribution in [2.24, 2.45) is 0 Å². The Morgan fingerprint density at radius 3 is 2.52 bits per heavy atom. The maximum absolute atomic E-state index is 9.54. The Bertz CT molecular complexity index is 926. The fraction of sp³-hybridized carbons (Fsp3) is 0.286. The molecule has 3 aromatic rings. The third kappa shape index (κ3) is 3.38. The predicted octanol–water partition coefficient (Wildman–Crippen LogP) is 4.07. The smallest absolute Gasteiger partial charge is 0.124 e. The molecule has 1 aromatic carbocycles. The fourth-order valence-corrected chi connectivity index (χ4v) is 3.54.